The van der Waals surface area contributed by atoms with Crippen molar-refractivity contribution in [1.82, 2.24) is 9.78 Å². The van der Waals surface area contributed by atoms with Crippen molar-refractivity contribution in [2.75, 3.05) is 0 Å². The van der Waals surface area contributed by atoms with Crippen LogP contribution in [0.5, 0.6) is 0 Å². The second kappa shape index (κ2) is 5.00. The van der Waals surface area contributed by atoms with E-state index in [2.05, 4.69) is 43.9 Å². The Hall–Kier alpha value is -0.170. The summed E-state index contributed by atoms with van der Waals surface area (Å²) in [5, 5.41) is 4.23. The highest BCUT2D eigenvalue weighted by Gasteiger charge is 2.18. The number of nitrogens with two attached hydrogens (primary N) is 1. The van der Waals surface area contributed by atoms with E-state index >= 15 is 0 Å². The Balaban J connectivity index is 2.38. The van der Waals surface area contributed by atoms with Crippen LogP contribution >= 0.6 is 43.2 Å². The maximum Gasteiger partial charge on any atom is 0.0762 e. The molecule has 0 fully saturated rings. The third-order valence-electron chi connectivity index (χ3n) is 2.39. The summed E-state index contributed by atoms with van der Waals surface area (Å²) >= 11 is 8.62. The van der Waals surface area contributed by atoms with Crippen LogP contribution in [0.4, 0.5) is 0 Å². The molecule has 0 aliphatic heterocycles. The first kappa shape index (κ1) is 12.3. The fourth-order valence-electron chi connectivity index (χ4n) is 1.60. The van der Waals surface area contributed by atoms with Gasteiger partial charge >= 0.3 is 0 Å². The Morgan fingerprint density at radius 3 is 2.88 bits per heavy atom. The van der Waals surface area contributed by atoms with Gasteiger partial charge in [0.05, 0.1) is 19.3 Å². The first-order valence-corrected chi connectivity index (χ1v) is 7.25. The van der Waals surface area contributed by atoms with Crippen molar-refractivity contribution in [2.24, 2.45) is 5.73 Å². The fourth-order valence-corrected chi connectivity index (χ4v) is 4.52. The van der Waals surface area contributed by atoms with Gasteiger partial charge in [-0.3, -0.25) is 4.68 Å². The lowest BCUT2D eigenvalue weighted by atomic mass is 10.1. The Morgan fingerprint density at radius 1 is 1.56 bits per heavy atom. The molecule has 2 heterocycles. The van der Waals surface area contributed by atoms with E-state index in [9.17, 15) is 0 Å². The molecule has 1 atom stereocenters. The lowest BCUT2D eigenvalue weighted by Gasteiger charge is -2.12. The van der Waals surface area contributed by atoms with Crippen LogP contribution in [0.25, 0.3) is 0 Å². The van der Waals surface area contributed by atoms with Crippen molar-refractivity contribution < 1.29 is 0 Å². The van der Waals surface area contributed by atoms with Crippen LogP contribution in [-0.2, 0) is 6.54 Å². The van der Waals surface area contributed by atoms with Crippen molar-refractivity contribution in [3.05, 3.63) is 37.2 Å². The average molecular weight is 365 g/mol. The number of hydrogen-bond donors (Lipinski definition) is 1. The maximum atomic E-state index is 6.25. The Labute approximate surface area is 115 Å². The van der Waals surface area contributed by atoms with Crippen molar-refractivity contribution >= 4 is 43.2 Å². The van der Waals surface area contributed by atoms with Gasteiger partial charge in [-0.15, -0.1) is 11.3 Å². The van der Waals surface area contributed by atoms with Crippen molar-refractivity contribution in [1.29, 1.82) is 0 Å². The van der Waals surface area contributed by atoms with Gasteiger partial charge < -0.3 is 5.73 Å². The molecule has 0 radical (unpaired) electrons. The van der Waals surface area contributed by atoms with Crippen molar-refractivity contribution in [2.45, 2.75) is 19.5 Å². The molecule has 0 aliphatic carbocycles. The molecule has 0 aliphatic rings. The van der Waals surface area contributed by atoms with E-state index in [0.29, 0.717) is 0 Å². The van der Waals surface area contributed by atoms with Gasteiger partial charge in [-0.1, -0.05) is 0 Å². The number of thiophene rings is 1. The van der Waals surface area contributed by atoms with E-state index < -0.39 is 0 Å². The summed E-state index contributed by atoms with van der Waals surface area (Å²) in [6, 6.07) is 3.87. The van der Waals surface area contributed by atoms with Crippen LogP contribution in [0.15, 0.2) is 25.9 Å². The smallest absolute Gasteiger partial charge is 0.0762 e. The summed E-state index contributed by atoms with van der Waals surface area (Å²) in [4.78, 5) is 0. The monoisotopic (exact) mass is 363 g/mol. The molecule has 2 aromatic rings. The van der Waals surface area contributed by atoms with E-state index in [1.807, 2.05) is 16.8 Å². The standard InChI is InChI=1S/C10H11Br2N3S/c1-2-15-7(3-4-14-15)9(13)6-5-8(11)16-10(6)12/h3-5,9H,2,13H2,1H3. The van der Waals surface area contributed by atoms with Crippen LogP contribution < -0.4 is 5.73 Å². The summed E-state index contributed by atoms with van der Waals surface area (Å²) in [6.07, 6.45) is 1.79. The van der Waals surface area contributed by atoms with Crippen LogP contribution in [-0.4, -0.2) is 9.78 Å². The molecule has 0 aromatic carbocycles. The second-order valence-electron chi connectivity index (χ2n) is 3.33. The number of aromatic nitrogens is 2. The second-order valence-corrected chi connectivity index (χ2v) is 7.08. The lowest BCUT2D eigenvalue weighted by molar-refractivity contribution is 0.601. The number of aryl methyl sites for hydroxylation is 1. The van der Waals surface area contributed by atoms with Crippen LogP contribution in [0, 0.1) is 0 Å². The number of hydrogen-bond acceptors (Lipinski definition) is 3. The summed E-state index contributed by atoms with van der Waals surface area (Å²) in [5.74, 6) is 0. The molecule has 0 spiro atoms. The highest BCUT2D eigenvalue weighted by molar-refractivity contribution is 9.12. The van der Waals surface area contributed by atoms with Gasteiger partial charge in [0.25, 0.3) is 0 Å². The SMILES string of the molecule is CCn1nccc1C(N)c1cc(Br)sc1Br. The highest BCUT2D eigenvalue weighted by Crippen LogP contribution is 2.36. The number of rotatable bonds is 3. The summed E-state index contributed by atoms with van der Waals surface area (Å²) in [6.45, 7) is 2.89. The molecule has 0 bridgehead atoms. The molecule has 0 saturated carbocycles. The zero-order valence-corrected chi connectivity index (χ0v) is 12.6. The lowest BCUT2D eigenvalue weighted by Crippen LogP contribution is -2.16. The first-order valence-electron chi connectivity index (χ1n) is 4.85. The summed E-state index contributed by atoms with van der Waals surface area (Å²) in [5.41, 5.74) is 8.37. The summed E-state index contributed by atoms with van der Waals surface area (Å²) in [7, 11) is 0. The predicted molar refractivity (Wildman–Crippen MR) is 73.7 cm³/mol. The van der Waals surface area contributed by atoms with Crippen molar-refractivity contribution in [3.63, 3.8) is 0 Å². The molecular formula is C10H11Br2N3S. The molecule has 2 N–H and O–H groups in total. The first-order chi connectivity index (χ1) is 7.63. The zero-order chi connectivity index (χ0) is 11.7. The largest absolute Gasteiger partial charge is 0.319 e. The predicted octanol–water partition coefficient (Wildman–Crippen LogP) is 3.54. The molecule has 3 nitrogen and oxygen atoms in total. The van der Waals surface area contributed by atoms with Crippen LogP contribution in [0.3, 0.4) is 0 Å². The minimum Gasteiger partial charge on any atom is -0.319 e. The quantitative estimate of drug-likeness (QED) is 0.905. The van der Waals surface area contributed by atoms with Gasteiger partial charge in [0.2, 0.25) is 0 Å². The number of halogens is 2. The average Bonchev–Trinajstić information content (AvgIpc) is 2.83. The summed E-state index contributed by atoms with van der Waals surface area (Å²) < 4.78 is 4.06. The van der Waals surface area contributed by atoms with Crippen molar-refractivity contribution in [3.8, 4) is 0 Å². The number of nitrogens with zero attached hydrogens (tertiary/aromatic N) is 2. The third-order valence-corrected chi connectivity index (χ3v) is 4.77. The molecule has 86 valence electrons. The Kier molecular flexibility index (Phi) is 3.84. The molecular weight excluding hydrogens is 354 g/mol. The van der Waals surface area contributed by atoms with E-state index in [1.54, 1.807) is 17.5 Å². The van der Waals surface area contributed by atoms with E-state index in [4.69, 9.17) is 5.73 Å². The minimum atomic E-state index is -0.139. The van der Waals surface area contributed by atoms with Gasteiger partial charge in [-0.05, 0) is 50.9 Å². The van der Waals surface area contributed by atoms with Crippen LogP contribution in [0.2, 0.25) is 0 Å². The molecule has 16 heavy (non-hydrogen) atoms. The Bertz CT molecular complexity index is 492. The molecule has 0 amide bonds. The minimum absolute atomic E-state index is 0.139. The van der Waals surface area contributed by atoms with E-state index in [1.165, 1.54) is 0 Å². The van der Waals surface area contributed by atoms with E-state index in [-0.39, 0.29) is 6.04 Å². The van der Waals surface area contributed by atoms with Gasteiger partial charge in [0.1, 0.15) is 0 Å². The molecule has 6 heteroatoms. The Morgan fingerprint density at radius 2 is 2.31 bits per heavy atom. The van der Waals surface area contributed by atoms with Crippen LogP contribution in [0.1, 0.15) is 24.2 Å². The zero-order valence-electron chi connectivity index (χ0n) is 8.65. The maximum absolute atomic E-state index is 6.25. The molecule has 2 aromatic heterocycles. The van der Waals surface area contributed by atoms with Gasteiger partial charge in [0, 0.05) is 18.3 Å². The van der Waals surface area contributed by atoms with Gasteiger partial charge in [-0.2, -0.15) is 5.10 Å². The molecule has 2 rings (SSSR count). The van der Waals surface area contributed by atoms with Gasteiger partial charge in [-0.25, -0.2) is 0 Å². The highest BCUT2D eigenvalue weighted by atomic mass is 79.9. The molecule has 1 unspecified atom stereocenters. The molecule has 0 saturated heterocycles. The third kappa shape index (κ3) is 2.25. The van der Waals surface area contributed by atoms with E-state index in [0.717, 1.165) is 25.4 Å². The normalized spacial score (nSPS) is 13.0. The van der Waals surface area contributed by atoms with Gasteiger partial charge in [0.15, 0.2) is 0 Å². The topological polar surface area (TPSA) is 43.8 Å². The fraction of sp³-hybridized carbons (Fsp3) is 0.300.